The zero-order valence-corrected chi connectivity index (χ0v) is 24.0. The molecule has 3 amide bonds. The number of anilines is 2. The maximum Gasteiger partial charge on any atom is 0.321 e. The normalized spacial score (nSPS) is 14.8. The third-order valence-corrected chi connectivity index (χ3v) is 7.05. The summed E-state index contributed by atoms with van der Waals surface area (Å²) in [5, 5.41) is 6.17. The molecule has 1 saturated heterocycles. The Balaban J connectivity index is 1.34. The number of ether oxygens (including phenoxy) is 2. The monoisotopic (exact) mass is 590 g/mol. The van der Waals surface area contributed by atoms with Crippen molar-refractivity contribution in [2.24, 2.45) is 0 Å². The fraction of sp³-hybridized carbons (Fsp3) is 0.276. The molecule has 42 heavy (non-hydrogen) atoms. The van der Waals surface area contributed by atoms with Gasteiger partial charge in [-0.1, -0.05) is 35.9 Å². The standard InChI is InChI=1S/C29H31ClN8O4/c1-41-23-9-8-20(14-24(23)42-2)17-32-27(39)15-22-18-36(29(40)33-21-6-4-3-5-7-21)12-13-38(22)26-16-25(30)34-28(35-26)37-11-10-31-19-37/h3-11,14,16,19,22H,12-13,15,17-18H2,1-2H3,(H,32,39)(H,33,40). The average molecular weight is 591 g/mol. The van der Waals surface area contributed by atoms with E-state index in [0.29, 0.717) is 55.1 Å². The minimum Gasteiger partial charge on any atom is -0.493 e. The molecule has 2 aromatic heterocycles. The summed E-state index contributed by atoms with van der Waals surface area (Å²) < 4.78 is 12.3. The lowest BCUT2D eigenvalue weighted by Gasteiger charge is -2.42. The van der Waals surface area contributed by atoms with Crippen molar-refractivity contribution in [1.82, 2.24) is 29.7 Å². The molecule has 2 N–H and O–H groups in total. The van der Waals surface area contributed by atoms with Crippen LogP contribution in [0.25, 0.3) is 5.95 Å². The van der Waals surface area contributed by atoms with Crippen LogP contribution in [0.4, 0.5) is 16.3 Å². The first kappa shape index (κ1) is 28.7. The summed E-state index contributed by atoms with van der Waals surface area (Å²) in [4.78, 5) is 43.2. The molecule has 12 nitrogen and oxygen atoms in total. The Morgan fingerprint density at radius 1 is 1.02 bits per heavy atom. The fourth-order valence-corrected chi connectivity index (χ4v) is 4.92. The summed E-state index contributed by atoms with van der Waals surface area (Å²) in [6.45, 7) is 1.45. The summed E-state index contributed by atoms with van der Waals surface area (Å²) in [7, 11) is 3.14. The number of imidazole rings is 1. The van der Waals surface area contributed by atoms with E-state index in [-0.39, 0.29) is 29.6 Å². The van der Waals surface area contributed by atoms with Crippen LogP contribution >= 0.6 is 11.6 Å². The van der Waals surface area contributed by atoms with Crippen LogP contribution < -0.4 is 25.0 Å². The summed E-state index contributed by atoms with van der Waals surface area (Å²) in [5.41, 5.74) is 1.56. The average Bonchev–Trinajstić information content (AvgIpc) is 3.55. The van der Waals surface area contributed by atoms with Crippen LogP contribution in [0.3, 0.4) is 0 Å². The first-order valence-corrected chi connectivity index (χ1v) is 13.7. The molecule has 1 unspecified atom stereocenters. The van der Waals surface area contributed by atoms with Gasteiger partial charge in [0.2, 0.25) is 11.9 Å². The Hall–Kier alpha value is -4.84. The second-order valence-corrected chi connectivity index (χ2v) is 9.97. The number of hydrogen-bond acceptors (Lipinski definition) is 8. The topological polar surface area (TPSA) is 127 Å². The molecule has 4 aromatic rings. The quantitative estimate of drug-likeness (QED) is 0.282. The van der Waals surface area contributed by atoms with Crippen molar-refractivity contribution in [1.29, 1.82) is 0 Å². The predicted molar refractivity (Wildman–Crippen MR) is 158 cm³/mol. The van der Waals surface area contributed by atoms with Crippen molar-refractivity contribution in [3.8, 4) is 17.4 Å². The van der Waals surface area contributed by atoms with Gasteiger partial charge in [-0.05, 0) is 29.8 Å². The summed E-state index contributed by atoms with van der Waals surface area (Å²) in [6, 6.07) is 15.8. The van der Waals surface area contributed by atoms with Crippen molar-refractivity contribution in [2.45, 2.75) is 19.0 Å². The maximum absolute atomic E-state index is 13.2. The van der Waals surface area contributed by atoms with E-state index in [2.05, 4.69) is 20.6 Å². The first-order valence-electron chi connectivity index (χ1n) is 13.3. The van der Waals surface area contributed by atoms with E-state index in [1.54, 1.807) is 54.5 Å². The third-order valence-electron chi connectivity index (χ3n) is 6.85. The number of rotatable bonds is 9. The molecule has 1 fully saturated rings. The Kier molecular flexibility index (Phi) is 9.02. The highest BCUT2D eigenvalue weighted by atomic mass is 35.5. The van der Waals surface area contributed by atoms with Crippen LogP contribution in [-0.4, -0.2) is 76.3 Å². The molecular formula is C29H31ClN8O4. The number of amides is 3. The number of carbonyl (C=O) groups is 2. The Morgan fingerprint density at radius 3 is 2.57 bits per heavy atom. The van der Waals surface area contributed by atoms with Gasteiger partial charge in [0.25, 0.3) is 0 Å². The Morgan fingerprint density at radius 2 is 1.83 bits per heavy atom. The molecule has 3 heterocycles. The van der Waals surface area contributed by atoms with E-state index in [4.69, 9.17) is 26.1 Å². The SMILES string of the molecule is COc1ccc(CNC(=O)CC2CN(C(=O)Nc3ccccc3)CCN2c2cc(Cl)nc(-n3ccnc3)n2)cc1OC. The third kappa shape index (κ3) is 6.89. The summed E-state index contributed by atoms with van der Waals surface area (Å²) >= 11 is 6.39. The molecule has 1 atom stereocenters. The molecule has 1 aliphatic rings. The van der Waals surface area contributed by atoms with E-state index in [1.807, 2.05) is 47.4 Å². The van der Waals surface area contributed by atoms with Crippen LogP contribution in [0, 0.1) is 0 Å². The molecule has 0 radical (unpaired) electrons. The highest BCUT2D eigenvalue weighted by Gasteiger charge is 2.32. The van der Waals surface area contributed by atoms with Crippen LogP contribution in [0.1, 0.15) is 12.0 Å². The van der Waals surface area contributed by atoms with Crippen molar-refractivity contribution >= 4 is 35.0 Å². The molecule has 0 spiro atoms. The van der Waals surface area contributed by atoms with E-state index >= 15 is 0 Å². The van der Waals surface area contributed by atoms with Gasteiger partial charge in [-0.15, -0.1) is 0 Å². The summed E-state index contributed by atoms with van der Waals surface area (Å²) in [6.07, 6.45) is 5.05. The molecule has 218 valence electrons. The minimum absolute atomic E-state index is 0.116. The van der Waals surface area contributed by atoms with Crippen molar-refractivity contribution in [3.63, 3.8) is 0 Å². The minimum atomic E-state index is -0.382. The van der Waals surface area contributed by atoms with Crippen LogP contribution in [0.2, 0.25) is 5.15 Å². The number of para-hydroxylation sites is 1. The zero-order chi connectivity index (χ0) is 29.5. The fourth-order valence-electron chi connectivity index (χ4n) is 4.75. The Labute approximate surface area is 248 Å². The summed E-state index contributed by atoms with van der Waals surface area (Å²) in [5.74, 6) is 1.92. The van der Waals surface area contributed by atoms with Crippen molar-refractivity contribution in [2.75, 3.05) is 44.1 Å². The number of nitrogens with zero attached hydrogens (tertiary/aromatic N) is 6. The van der Waals surface area contributed by atoms with Gasteiger partial charge in [0.1, 0.15) is 17.3 Å². The van der Waals surface area contributed by atoms with Gasteiger partial charge in [0, 0.05) is 56.7 Å². The first-order chi connectivity index (χ1) is 20.4. The molecule has 13 heteroatoms. The van der Waals surface area contributed by atoms with Crippen LogP contribution in [0.5, 0.6) is 11.5 Å². The number of piperazine rings is 1. The lowest BCUT2D eigenvalue weighted by atomic mass is 10.1. The molecule has 0 saturated carbocycles. The van der Waals surface area contributed by atoms with E-state index in [9.17, 15) is 9.59 Å². The Bertz CT molecular complexity index is 1520. The maximum atomic E-state index is 13.2. The smallest absolute Gasteiger partial charge is 0.321 e. The number of carbonyl (C=O) groups excluding carboxylic acids is 2. The van der Waals surface area contributed by atoms with E-state index in [1.165, 1.54) is 0 Å². The molecule has 0 bridgehead atoms. The number of methoxy groups -OCH3 is 2. The highest BCUT2D eigenvalue weighted by Crippen LogP contribution is 2.28. The van der Waals surface area contributed by atoms with E-state index < -0.39 is 0 Å². The van der Waals surface area contributed by atoms with Crippen molar-refractivity contribution in [3.05, 3.63) is 84.0 Å². The van der Waals surface area contributed by atoms with Crippen LogP contribution in [-0.2, 0) is 11.3 Å². The van der Waals surface area contributed by atoms with E-state index in [0.717, 1.165) is 5.56 Å². The van der Waals surface area contributed by atoms with Gasteiger partial charge < -0.3 is 29.9 Å². The number of nitrogens with one attached hydrogen (secondary N) is 2. The number of aromatic nitrogens is 4. The van der Waals surface area contributed by atoms with Gasteiger partial charge in [-0.3, -0.25) is 9.36 Å². The second kappa shape index (κ2) is 13.2. The largest absolute Gasteiger partial charge is 0.493 e. The lowest BCUT2D eigenvalue weighted by molar-refractivity contribution is -0.121. The van der Waals surface area contributed by atoms with Gasteiger partial charge in [0.05, 0.1) is 20.3 Å². The zero-order valence-electron chi connectivity index (χ0n) is 23.2. The predicted octanol–water partition coefficient (Wildman–Crippen LogP) is 3.76. The number of urea groups is 1. The molecule has 2 aromatic carbocycles. The molecule has 1 aliphatic heterocycles. The van der Waals surface area contributed by atoms with Gasteiger partial charge >= 0.3 is 6.03 Å². The van der Waals surface area contributed by atoms with Gasteiger partial charge in [-0.25, -0.2) is 14.8 Å². The lowest BCUT2D eigenvalue weighted by Crippen LogP contribution is -2.57. The van der Waals surface area contributed by atoms with Gasteiger partial charge in [0.15, 0.2) is 11.5 Å². The molecule has 0 aliphatic carbocycles. The van der Waals surface area contributed by atoms with Crippen molar-refractivity contribution < 1.29 is 19.1 Å². The number of halogens is 1. The molecule has 5 rings (SSSR count). The highest BCUT2D eigenvalue weighted by molar-refractivity contribution is 6.29. The number of benzene rings is 2. The van der Waals surface area contributed by atoms with Crippen LogP contribution in [0.15, 0.2) is 73.3 Å². The molecular weight excluding hydrogens is 560 g/mol. The number of hydrogen-bond donors (Lipinski definition) is 2. The second-order valence-electron chi connectivity index (χ2n) is 9.58. The van der Waals surface area contributed by atoms with Gasteiger partial charge in [-0.2, -0.15) is 4.98 Å².